The number of hydrogen-bond acceptors (Lipinski definition) is 4. The van der Waals surface area contributed by atoms with Gasteiger partial charge in [0.05, 0.1) is 12.6 Å². The van der Waals surface area contributed by atoms with Crippen LogP contribution in [-0.4, -0.2) is 44.0 Å². The van der Waals surface area contributed by atoms with Crippen LogP contribution in [0.2, 0.25) is 0 Å². The molecule has 4 amide bonds. The summed E-state index contributed by atoms with van der Waals surface area (Å²) < 4.78 is 0. The van der Waals surface area contributed by atoms with Crippen LogP contribution >= 0.6 is 0 Å². The Bertz CT molecular complexity index is 267. The van der Waals surface area contributed by atoms with Gasteiger partial charge in [-0.05, 0) is 13.8 Å². The fourth-order valence-corrected chi connectivity index (χ4v) is 0.881. The number of rotatable bonds is 5. The van der Waals surface area contributed by atoms with Gasteiger partial charge in [0.15, 0.2) is 0 Å². The van der Waals surface area contributed by atoms with Crippen LogP contribution in [0.5, 0.6) is 0 Å². The first-order valence-electron chi connectivity index (χ1n) is 5.03. The molecule has 0 spiro atoms. The molecule has 4 N–H and O–H groups in total. The van der Waals surface area contributed by atoms with Crippen molar-refractivity contribution in [3.8, 4) is 0 Å². The maximum absolute atomic E-state index is 11.3. The summed E-state index contributed by atoms with van der Waals surface area (Å²) in [4.78, 5) is 33.2. The molecule has 0 saturated heterocycles. The van der Waals surface area contributed by atoms with Crippen molar-refractivity contribution in [2.75, 3.05) is 20.1 Å². The van der Waals surface area contributed by atoms with Gasteiger partial charge in [-0.15, -0.1) is 0 Å². The van der Waals surface area contributed by atoms with Gasteiger partial charge < -0.3 is 10.6 Å². The minimum absolute atomic E-state index is 0.0379. The minimum atomic E-state index is -0.611. The molecule has 0 heterocycles. The van der Waals surface area contributed by atoms with Gasteiger partial charge in [0, 0.05) is 13.6 Å². The van der Waals surface area contributed by atoms with Crippen molar-refractivity contribution in [1.82, 2.24) is 21.3 Å². The van der Waals surface area contributed by atoms with Gasteiger partial charge in [-0.1, -0.05) is 0 Å². The Morgan fingerprint density at radius 2 is 1.88 bits per heavy atom. The van der Waals surface area contributed by atoms with Crippen molar-refractivity contribution in [2.45, 2.75) is 19.9 Å². The van der Waals surface area contributed by atoms with E-state index in [-0.39, 0.29) is 12.5 Å². The van der Waals surface area contributed by atoms with E-state index in [2.05, 4.69) is 21.3 Å². The highest BCUT2D eigenvalue weighted by molar-refractivity contribution is 5.96. The molecule has 0 aromatic carbocycles. The Kier molecular flexibility index (Phi) is 6.86. The SMILES string of the molecule is CCNC(=O)CNC(C)C(=O)NC(=O)NC. The molecule has 1 atom stereocenters. The largest absolute Gasteiger partial charge is 0.355 e. The number of carbonyl (C=O) groups is 3. The molecule has 0 aliphatic carbocycles. The molecule has 1 unspecified atom stereocenters. The number of carbonyl (C=O) groups excluding carboxylic acids is 3. The van der Waals surface area contributed by atoms with Gasteiger partial charge in [0.25, 0.3) is 0 Å². The van der Waals surface area contributed by atoms with Gasteiger partial charge in [-0.25, -0.2) is 4.79 Å². The Balaban J connectivity index is 3.87. The summed E-state index contributed by atoms with van der Waals surface area (Å²) in [7, 11) is 1.41. The highest BCUT2D eigenvalue weighted by Gasteiger charge is 2.15. The van der Waals surface area contributed by atoms with E-state index in [0.29, 0.717) is 6.54 Å². The van der Waals surface area contributed by atoms with E-state index >= 15 is 0 Å². The molecule has 16 heavy (non-hydrogen) atoms. The lowest BCUT2D eigenvalue weighted by atomic mass is 10.3. The standard InChI is InChI=1S/C9H18N4O3/c1-4-11-7(14)5-12-6(2)8(15)13-9(16)10-3/h6,12H,4-5H2,1-3H3,(H,11,14)(H2,10,13,15,16). The molecule has 0 radical (unpaired) electrons. The first-order valence-corrected chi connectivity index (χ1v) is 5.03. The van der Waals surface area contributed by atoms with Crippen molar-refractivity contribution < 1.29 is 14.4 Å². The second kappa shape index (κ2) is 7.63. The van der Waals surface area contributed by atoms with Crippen LogP contribution in [-0.2, 0) is 9.59 Å². The highest BCUT2D eigenvalue weighted by atomic mass is 16.2. The fraction of sp³-hybridized carbons (Fsp3) is 0.667. The molecule has 0 aromatic rings. The van der Waals surface area contributed by atoms with E-state index in [4.69, 9.17) is 0 Å². The second-order valence-electron chi connectivity index (χ2n) is 3.12. The number of imide groups is 1. The van der Waals surface area contributed by atoms with Crippen LogP contribution < -0.4 is 21.3 Å². The van der Waals surface area contributed by atoms with Crippen molar-refractivity contribution in [2.24, 2.45) is 0 Å². The van der Waals surface area contributed by atoms with Gasteiger partial charge in [-0.3, -0.25) is 20.2 Å². The zero-order chi connectivity index (χ0) is 12.6. The third-order valence-electron chi connectivity index (χ3n) is 1.80. The average molecular weight is 230 g/mol. The summed E-state index contributed by atoms with van der Waals surface area (Å²) in [6, 6.07) is -1.18. The molecular formula is C9H18N4O3. The van der Waals surface area contributed by atoms with Crippen LogP contribution in [0.1, 0.15) is 13.8 Å². The quantitative estimate of drug-likeness (QED) is 0.464. The summed E-state index contributed by atoms with van der Waals surface area (Å²) in [6.45, 7) is 3.95. The molecule has 0 aliphatic rings. The van der Waals surface area contributed by atoms with Crippen LogP contribution in [0.15, 0.2) is 0 Å². The maximum atomic E-state index is 11.3. The summed E-state index contributed by atoms with van der Waals surface area (Å²) in [5.41, 5.74) is 0. The van der Waals surface area contributed by atoms with Gasteiger partial charge >= 0.3 is 6.03 Å². The molecule has 0 fully saturated rings. The number of amides is 4. The summed E-state index contributed by atoms with van der Waals surface area (Å²) in [6.07, 6.45) is 0. The Morgan fingerprint density at radius 1 is 1.25 bits per heavy atom. The van der Waals surface area contributed by atoms with Crippen molar-refractivity contribution in [3.05, 3.63) is 0 Å². The molecule has 0 rings (SSSR count). The highest BCUT2D eigenvalue weighted by Crippen LogP contribution is 1.81. The van der Waals surface area contributed by atoms with Crippen molar-refractivity contribution >= 4 is 17.8 Å². The first kappa shape index (κ1) is 14.4. The maximum Gasteiger partial charge on any atom is 0.321 e. The van der Waals surface area contributed by atoms with Crippen LogP contribution in [0.25, 0.3) is 0 Å². The van der Waals surface area contributed by atoms with Crippen LogP contribution in [0.3, 0.4) is 0 Å². The zero-order valence-corrected chi connectivity index (χ0v) is 9.72. The lowest BCUT2D eigenvalue weighted by molar-refractivity contribution is -0.122. The Hall–Kier alpha value is -1.63. The first-order chi connectivity index (χ1) is 7.51. The van der Waals surface area contributed by atoms with E-state index in [1.807, 2.05) is 0 Å². The molecule has 7 heteroatoms. The molecule has 0 aromatic heterocycles. The second-order valence-corrected chi connectivity index (χ2v) is 3.12. The topological polar surface area (TPSA) is 99.3 Å². The molecule has 0 aliphatic heterocycles. The molecular weight excluding hydrogens is 212 g/mol. The third kappa shape index (κ3) is 5.97. The van der Waals surface area contributed by atoms with E-state index in [1.54, 1.807) is 13.8 Å². The van der Waals surface area contributed by atoms with Gasteiger partial charge in [0.1, 0.15) is 0 Å². The summed E-state index contributed by atoms with van der Waals surface area (Å²) >= 11 is 0. The van der Waals surface area contributed by atoms with E-state index in [0.717, 1.165) is 0 Å². The number of nitrogens with one attached hydrogen (secondary N) is 4. The predicted octanol–water partition coefficient (Wildman–Crippen LogP) is -1.44. The molecule has 0 saturated carbocycles. The molecule has 92 valence electrons. The lowest BCUT2D eigenvalue weighted by Crippen LogP contribution is -2.49. The summed E-state index contributed by atoms with van der Waals surface area (Å²) in [5.74, 6) is -0.675. The summed E-state index contributed by atoms with van der Waals surface area (Å²) in [5, 5.41) is 9.63. The van der Waals surface area contributed by atoms with Crippen molar-refractivity contribution in [3.63, 3.8) is 0 Å². The fourth-order valence-electron chi connectivity index (χ4n) is 0.881. The number of likely N-dealkylation sites (N-methyl/N-ethyl adjacent to an activating group) is 1. The van der Waals surface area contributed by atoms with Crippen LogP contribution in [0, 0.1) is 0 Å². The lowest BCUT2D eigenvalue weighted by Gasteiger charge is -2.12. The average Bonchev–Trinajstić information content (AvgIpc) is 2.25. The van der Waals surface area contributed by atoms with E-state index in [9.17, 15) is 14.4 Å². The Morgan fingerprint density at radius 3 is 2.38 bits per heavy atom. The van der Waals surface area contributed by atoms with E-state index < -0.39 is 18.0 Å². The third-order valence-corrected chi connectivity index (χ3v) is 1.80. The van der Waals surface area contributed by atoms with Crippen molar-refractivity contribution in [1.29, 1.82) is 0 Å². The zero-order valence-electron chi connectivity index (χ0n) is 9.72. The molecule has 7 nitrogen and oxygen atoms in total. The normalized spacial score (nSPS) is 11.4. The monoisotopic (exact) mass is 230 g/mol. The van der Waals surface area contributed by atoms with Crippen LogP contribution in [0.4, 0.5) is 4.79 Å². The number of urea groups is 1. The van der Waals surface area contributed by atoms with Gasteiger partial charge in [0.2, 0.25) is 11.8 Å². The minimum Gasteiger partial charge on any atom is -0.355 e. The Labute approximate surface area is 94.3 Å². The smallest absolute Gasteiger partial charge is 0.321 e. The number of hydrogen-bond donors (Lipinski definition) is 4. The molecule has 0 bridgehead atoms. The predicted molar refractivity (Wildman–Crippen MR) is 58.7 cm³/mol. The van der Waals surface area contributed by atoms with Gasteiger partial charge in [-0.2, -0.15) is 0 Å². The van der Waals surface area contributed by atoms with E-state index in [1.165, 1.54) is 7.05 Å².